The van der Waals surface area contributed by atoms with Crippen LogP contribution in [0.2, 0.25) is 0 Å². The number of unbranched alkanes of at least 4 members (excludes halogenated alkanes) is 1. The zero-order valence-electron chi connectivity index (χ0n) is 11.7. The quantitative estimate of drug-likeness (QED) is 0.558. The Hall–Kier alpha value is -1.59. The minimum Gasteiger partial charge on any atom is -0.481 e. The first-order valence-electron chi connectivity index (χ1n) is 6.71. The Labute approximate surface area is 113 Å². The van der Waals surface area contributed by atoms with Gasteiger partial charge >= 0.3 is 12.0 Å². The number of carboxylic acid groups (broad SMARTS) is 1. The molecule has 0 aromatic rings. The SMILES string of the molecule is CC(C)CCCCNC(=O)NC(=O)CCCC(=O)O. The van der Waals surface area contributed by atoms with E-state index in [9.17, 15) is 14.4 Å². The van der Waals surface area contributed by atoms with Gasteiger partial charge in [0.2, 0.25) is 5.91 Å². The van der Waals surface area contributed by atoms with Crippen LogP contribution in [0.3, 0.4) is 0 Å². The van der Waals surface area contributed by atoms with Gasteiger partial charge in [0.05, 0.1) is 0 Å². The van der Waals surface area contributed by atoms with Crippen molar-refractivity contribution in [1.82, 2.24) is 10.6 Å². The Morgan fingerprint density at radius 1 is 1.05 bits per heavy atom. The lowest BCUT2D eigenvalue weighted by atomic mass is 10.1. The van der Waals surface area contributed by atoms with Crippen molar-refractivity contribution in [2.75, 3.05) is 6.54 Å². The molecule has 0 saturated carbocycles. The molecule has 0 rings (SSSR count). The fraction of sp³-hybridized carbons (Fsp3) is 0.769. The highest BCUT2D eigenvalue weighted by atomic mass is 16.4. The minimum atomic E-state index is -0.942. The molecule has 0 heterocycles. The number of rotatable bonds is 9. The van der Waals surface area contributed by atoms with Crippen LogP contribution in [0.1, 0.15) is 52.4 Å². The van der Waals surface area contributed by atoms with Crippen LogP contribution in [0, 0.1) is 5.92 Å². The number of carboxylic acids is 1. The second-order valence-electron chi connectivity index (χ2n) is 4.94. The Balaban J connectivity index is 3.52. The van der Waals surface area contributed by atoms with E-state index in [1.165, 1.54) is 0 Å². The first-order valence-corrected chi connectivity index (χ1v) is 6.71. The van der Waals surface area contributed by atoms with Gasteiger partial charge in [-0.1, -0.05) is 26.7 Å². The number of nitrogens with one attached hydrogen (secondary N) is 2. The molecule has 0 aliphatic rings. The second-order valence-corrected chi connectivity index (χ2v) is 4.94. The molecule has 0 fully saturated rings. The molecule has 3 amide bonds. The van der Waals surface area contributed by atoms with Crippen molar-refractivity contribution < 1.29 is 19.5 Å². The molecule has 110 valence electrons. The zero-order valence-corrected chi connectivity index (χ0v) is 11.7. The fourth-order valence-electron chi connectivity index (χ4n) is 1.51. The summed E-state index contributed by atoms with van der Waals surface area (Å²) in [5.74, 6) is -0.729. The summed E-state index contributed by atoms with van der Waals surface area (Å²) in [4.78, 5) is 32.8. The van der Waals surface area contributed by atoms with E-state index >= 15 is 0 Å². The zero-order chi connectivity index (χ0) is 14.7. The van der Waals surface area contributed by atoms with Crippen LogP contribution < -0.4 is 10.6 Å². The standard InChI is InChI=1S/C13H24N2O4/c1-10(2)6-3-4-9-14-13(19)15-11(16)7-5-8-12(17)18/h10H,3-9H2,1-2H3,(H,17,18)(H2,14,15,16,19). The molecule has 0 unspecified atom stereocenters. The molecular weight excluding hydrogens is 248 g/mol. The Morgan fingerprint density at radius 2 is 1.74 bits per heavy atom. The van der Waals surface area contributed by atoms with Gasteiger partial charge in [0, 0.05) is 19.4 Å². The number of amides is 3. The van der Waals surface area contributed by atoms with Crippen LogP contribution in [0.4, 0.5) is 4.79 Å². The molecule has 0 saturated heterocycles. The number of hydrogen-bond acceptors (Lipinski definition) is 3. The highest BCUT2D eigenvalue weighted by molar-refractivity contribution is 5.94. The second kappa shape index (κ2) is 10.3. The molecule has 19 heavy (non-hydrogen) atoms. The summed E-state index contributed by atoms with van der Waals surface area (Å²) in [5.41, 5.74) is 0. The Bertz CT molecular complexity index is 303. The predicted octanol–water partition coefficient (Wildman–Crippen LogP) is 1.89. The van der Waals surface area contributed by atoms with Crippen LogP contribution in [-0.4, -0.2) is 29.6 Å². The summed E-state index contributed by atoms with van der Waals surface area (Å²) in [6.45, 7) is 4.84. The van der Waals surface area contributed by atoms with Gasteiger partial charge in [-0.2, -0.15) is 0 Å². The van der Waals surface area contributed by atoms with Crippen molar-refractivity contribution in [3.05, 3.63) is 0 Å². The van der Waals surface area contributed by atoms with Crippen LogP contribution in [0.5, 0.6) is 0 Å². The lowest BCUT2D eigenvalue weighted by Crippen LogP contribution is -2.39. The van der Waals surface area contributed by atoms with Gasteiger partial charge in [-0.25, -0.2) is 4.79 Å². The average molecular weight is 272 g/mol. The van der Waals surface area contributed by atoms with E-state index in [2.05, 4.69) is 24.5 Å². The molecule has 3 N–H and O–H groups in total. The lowest BCUT2D eigenvalue weighted by molar-refractivity contribution is -0.137. The first kappa shape index (κ1) is 17.4. The summed E-state index contributed by atoms with van der Waals surface area (Å²) < 4.78 is 0. The summed E-state index contributed by atoms with van der Waals surface area (Å²) in [6.07, 6.45) is 3.28. The largest absolute Gasteiger partial charge is 0.481 e. The number of aliphatic carboxylic acids is 1. The van der Waals surface area contributed by atoms with E-state index in [1.807, 2.05) is 0 Å². The fourth-order valence-corrected chi connectivity index (χ4v) is 1.51. The van der Waals surface area contributed by atoms with E-state index in [4.69, 9.17) is 5.11 Å². The van der Waals surface area contributed by atoms with Gasteiger partial charge in [0.25, 0.3) is 0 Å². The maximum absolute atomic E-state index is 11.3. The smallest absolute Gasteiger partial charge is 0.321 e. The minimum absolute atomic E-state index is 0.0487. The van der Waals surface area contributed by atoms with Crippen molar-refractivity contribution in [3.8, 4) is 0 Å². The molecule has 6 heteroatoms. The maximum Gasteiger partial charge on any atom is 0.321 e. The summed E-state index contributed by atoms with van der Waals surface area (Å²) in [7, 11) is 0. The lowest BCUT2D eigenvalue weighted by Gasteiger charge is -2.07. The van der Waals surface area contributed by atoms with Crippen molar-refractivity contribution in [2.45, 2.75) is 52.4 Å². The van der Waals surface area contributed by atoms with Gasteiger partial charge in [0.15, 0.2) is 0 Å². The molecule has 0 atom stereocenters. The Morgan fingerprint density at radius 3 is 2.32 bits per heavy atom. The van der Waals surface area contributed by atoms with Gasteiger partial charge in [-0.3, -0.25) is 14.9 Å². The van der Waals surface area contributed by atoms with E-state index in [0.29, 0.717) is 12.5 Å². The number of imide groups is 1. The normalized spacial score (nSPS) is 10.3. The highest BCUT2D eigenvalue weighted by Gasteiger charge is 2.07. The molecule has 0 spiro atoms. The summed E-state index contributed by atoms with van der Waals surface area (Å²) >= 11 is 0. The molecule has 0 aromatic carbocycles. The van der Waals surface area contributed by atoms with Crippen molar-refractivity contribution >= 4 is 17.9 Å². The molecule has 0 bridgehead atoms. The van der Waals surface area contributed by atoms with Gasteiger partial charge in [0.1, 0.15) is 0 Å². The molecule has 0 aliphatic carbocycles. The number of hydrogen-bond donors (Lipinski definition) is 3. The monoisotopic (exact) mass is 272 g/mol. The number of urea groups is 1. The van der Waals surface area contributed by atoms with Crippen molar-refractivity contribution in [3.63, 3.8) is 0 Å². The maximum atomic E-state index is 11.3. The van der Waals surface area contributed by atoms with Crippen LogP contribution >= 0.6 is 0 Å². The van der Waals surface area contributed by atoms with Crippen LogP contribution in [-0.2, 0) is 9.59 Å². The van der Waals surface area contributed by atoms with Crippen molar-refractivity contribution in [2.24, 2.45) is 5.92 Å². The third-order valence-corrected chi connectivity index (χ3v) is 2.54. The average Bonchev–Trinajstić information content (AvgIpc) is 2.27. The number of carbonyl (C=O) groups is 3. The van der Waals surface area contributed by atoms with E-state index < -0.39 is 17.9 Å². The van der Waals surface area contributed by atoms with Gasteiger partial charge < -0.3 is 10.4 Å². The molecule has 0 radical (unpaired) electrons. The van der Waals surface area contributed by atoms with Crippen LogP contribution in [0.25, 0.3) is 0 Å². The van der Waals surface area contributed by atoms with E-state index in [0.717, 1.165) is 19.3 Å². The molecule has 0 aliphatic heterocycles. The summed E-state index contributed by atoms with van der Waals surface area (Å²) in [6, 6.07) is -0.509. The highest BCUT2D eigenvalue weighted by Crippen LogP contribution is 2.04. The topological polar surface area (TPSA) is 95.5 Å². The first-order chi connectivity index (χ1) is 8.91. The Kier molecular flexibility index (Phi) is 9.48. The number of carbonyl (C=O) groups excluding carboxylic acids is 2. The molecule has 6 nitrogen and oxygen atoms in total. The predicted molar refractivity (Wildman–Crippen MR) is 71.7 cm³/mol. The van der Waals surface area contributed by atoms with Gasteiger partial charge in [-0.15, -0.1) is 0 Å². The molecular formula is C13H24N2O4. The molecule has 0 aromatic heterocycles. The van der Waals surface area contributed by atoms with E-state index in [-0.39, 0.29) is 19.3 Å². The van der Waals surface area contributed by atoms with E-state index in [1.54, 1.807) is 0 Å². The van der Waals surface area contributed by atoms with Crippen LogP contribution in [0.15, 0.2) is 0 Å². The third-order valence-electron chi connectivity index (χ3n) is 2.54. The van der Waals surface area contributed by atoms with Gasteiger partial charge in [-0.05, 0) is 18.8 Å². The summed E-state index contributed by atoms with van der Waals surface area (Å²) in [5, 5.41) is 13.2. The van der Waals surface area contributed by atoms with Crippen molar-refractivity contribution in [1.29, 1.82) is 0 Å². The third kappa shape index (κ3) is 12.7.